The van der Waals surface area contributed by atoms with Crippen molar-refractivity contribution in [3.05, 3.63) is 88.9 Å². The van der Waals surface area contributed by atoms with Crippen molar-refractivity contribution in [2.75, 3.05) is 25.5 Å². The van der Waals surface area contributed by atoms with E-state index in [1.165, 1.54) is 4.90 Å². The second-order valence-corrected chi connectivity index (χ2v) is 9.15. The topological polar surface area (TPSA) is 49.9 Å². The van der Waals surface area contributed by atoms with E-state index in [0.717, 1.165) is 21.2 Å². The molecule has 0 fully saturated rings. The number of amides is 2. The molecule has 3 aromatic rings. The van der Waals surface area contributed by atoms with Gasteiger partial charge in [0.1, 0.15) is 5.75 Å². The molecule has 5 nitrogen and oxygen atoms in total. The normalized spacial score (nSPS) is 15.0. The standard InChI is InChI=1S/C25H23ClN2O3S/c1-27(2)25(30)23-15-28(21-5-3-4-6-22(21)31-23)24(29)18-9-7-17(8-10-18)16-32-20-13-11-19(26)12-14-20/h3-14,23H,15-16H2,1-2H3. The molecule has 7 heteroatoms. The molecule has 32 heavy (non-hydrogen) atoms. The lowest BCUT2D eigenvalue weighted by atomic mass is 10.1. The summed E-state index contributed by atoms with van der Waals surface area (Å²) >= 11 is 7.65. The fourth-order valence-electron chi connectivity index (χ4n) is 3.44. The Kier molecular flexibility index (Phi) is 6.72. The minimum atomic E-state index is -0.737. The van der Waals surface area contributed by atoms with Crippen LogP contribution < -0.4 is 9.64 Å². The van der Waals surface area contributed by atoms with Crippen molar-refractivity contribution in [1.29, 1.82) is 0 Å². The molecule has 1 atom stereocenters. The number of benzene rings is 3. The fraction of sp³-hybridized carbons (Fsp3) is 0.200. The maximum absolute atomic E-state index is 13.4. The Morgan fingerprint density at radius 2 is 1.72 bits per heavy atom. The van der Waals surface area contributed by atoms with Crippen LogP contribution >= 0.6 is 23.4 Å². The third-order valence-corrected chi connectivity index (χ3v) is 6.49. The van der Waals surface area contributed by atoms with Gasteiger partial charge in [-0.25, -0.2) is 0 Å². The molecule has 164 valence electrons. The zero-order chi connectivity index (χ0) is 22.7. The molecule has 0 N–H and O–H groups in total. The minimum absolute atomic E-state index is 0.158. The van der Waals surface area contributed by atoms with E-state index in [0.29, 0.717) is 17.0 Å². The van der Waals surface area contributed by atoms with Gasteiger partial charge in [0.2, 0.25) is 0 Å². The summed E-state index contributed by atoms with van der Waals surface area (Å²) in [5.74, 6) is 0.986. The number of rotatable bonds is 5. The van der Waals surface area contributed by atoms with Crippen LogP contribution in [0.2, 0.25) is 5.02 Å². The van der Waals surface area contributed by atoms with E-state index in [1.807, 2.05) is 66.7 Å². The van der Waals surface area contributed by atoms with Gasteiger partial charge in [-0.3, -0.25) is 9.59 Å². The van der Waals surface area contributed by atoms with Gasteiger partial charge >= 0.3 is 0 Å². The van der Waals surface area contributed by atoms with Crippen LogP contribution in [0.4, 0.5) is 5.69 Å². The van der Waals surface area contributed by atoms with Crippen molar-refractivity contribution in [3.8, 4) is 5.75 Å². The molecular formula is C25H23ClN2O3S. The van der Waals surface area contributed by atoms with Crippen LogP contribution in [0.1, 0.15) is 15.9 Å². The first-order chi connectivity index (χ1) is 15.4. The summed E-state index contributed by atoms with van der Waals surface area (Å²) in [5, 5.41) is 0.719. The predicted octanol–water partition coefficient (Wildman–Crippen LogP) is 5.13. The molecule has 0 radical (unpaired) electrons. The number of hydrogen-bond acceptors (Lipinski definition) is 4. The summed E-state index contributed by atoms with van der Waals surface area (Å²) in [6.45, 7) is 0.168. The Balaban J connectivity index is 1.50. The number of hydrogen-bond donors (Lipinski definition) is 0. The third-order valence-electron chi connectivity index (χ3n) is 5.16. The van der Waals surface area contributed by atoms with Crippen LogP contribution in [-0.2, 0) is 10.5 Å². The summed E-state index contributed by atoms with van der Waals surface area (Å²) in [4.78, 5) is 30.1. The first-order valence-electron chi connectivity index (χ1n) is 10.2. The van der Waals surface area contributed by atoms with E-state index in [1.54, 1.807) is 36.8 Å². The van der Waals surface area contributed by atoms with E-state index >= 15 is 0 Å². The molecule has 0 aromatic heterocycles. The smallest absolute Gasteiger partial charge is 0.265 e. The van der Waals surface area contributed by atoms with Crippen molar-refractivity contribution < 1.29 is 14.3 Å². The molecule has 2 amide bonds. The van der Waals surface area contributed by atoms with Gasteiger partial charge in [-0.2, -0.15) is 0 Å². The predicted molar refractivity (Wildman–Crippen MR) is 129 cm³/mol. The van der Waals surface area contributed by atoms with Gasteiger partial charge in [-0.1, -0.05) is 35.9 Å². The van der Waals surface area contributed by atoms with E-state index in [4.69, 9.17) is 16.3 Å². The molecule has 3 aromatic carbocycles. The number of nitrogens with zero attached hydrogens (tertiary/aromatic N) is 2. The second-order valence-electron chi connectivity index (χ2n) is 7.66. The summed E-state index contributed by atoms with van der Waals surface area (Å²) in [7, 11) is 3.36. The number of anilines is 1. The molecule has 0 saturated heterocycles. The van der Waals surface area contributed by atoms with E-state index in [9.17, 15) is 9.59 Å². The van der Waals surface area contributed by atoms with Gasteiger partial charge in [0.15, 0.2) is 6.10 Å². The largest absolute Gasteiger partial charge is 0.476 e. The van der Waals surface area contributed by atoms with E-state index < -0.39 is 6.10 Å². The Morgan fingerprint density at radius 3 is 2.41 bits per heavy atom. The number of halogens is 1. The number of carbonyl (C=O) groups is 2. The highest BCUT2D eigenvalue weighted by molar-refractivity contribution is 7.98. The van der Waals surface area contributed by atoms with Crippen molar-refractivity contribution in [2.24, 2.45) is 0 Å². The Bertz CT molecular complexity index is 1120. The molecule has 0 bridgehead atoms. The van der Waals surface area contributed by atoms with E-state index in [2.05, 4.69) is 0 Å². The van der Waals surface area contributed by atoms with Crippen LogP contribution in [0.3, 0.4) is 0 Å². The first-order valence-corrected chi connectivity index (χ1v) is 11.5. The Morgan fingerprint density at radius 1 is 1.03 bits per heavy atom. The van der Waals surface area contributed by atoms with Crippen molar-refractivity contribution in [3.63, 3.8) is 0 Å². The minimum Gasteiger partial charge on any atom is -0.476 e. The highest BCUT2D eigenvalue weighted by atomic mass is 35.5. The maximum atomic E-state index is 13.4. The monoisotopic (exact) mass is 466 g/mol. The molecule has 1 aliphatic rings. The Labute approximate surface area is 196 Å². The Hall–Kier alpha value is -2.96. The molecule has 0 aliphatic carbocycles. The van der Waals surface area contributed by atoms with Crippen LogP contribution in [0, 0.1) is 0 Å². The highest BCUT2D eigenvalue weighted by Crippen LogP contribution is 2.34. The van der Waals surface area contributed by atoms with Gasteiger partial charge in [0.25, 0.3) is 11.8 Å². The fourth-order valence-corrected chi connectivity index (χ4v) is 4.42. The number of carbonyl (C=O) groups excluding carboxylic acids is 2. The first kappa shape index (κ1) is 22.2. The van der Waals surface area contributed by atoms with Gasteiger partial charge < -0.3 is 14.5 Å². The van der Waals surface area contributed by atoms with Crippen LogP contribution in [-0.4, -0.2) is 43.5 Å². The molecule has 1 aliphatic heterocycles. The average molecular weight is 467 g/mol. The summed E-state index contributed by atoms with van der Waals surface area (Å²) in [6.07, 6.45) is -0.737. The number of ether oxygens (including phenoxy) is 1. The lowest BCUT2D eigenvalue weighted by molar-refractivity contribution is -0.135. The molecule has 1 heterocycles. The van der Waals surface area contributed by atoms with Crippen LogP contribution in [0.5, 0.6) is 5.75 Å². The quantitative estimate of drug-likeness (QED) is 0.489. The summed E-state index contributed by atoms with van der Waals surface area (Å²) in [6, 6.07) is 22.6. The SMILES string of the molecule is CN(C)C(=O)C1CN(C(=O)c2ccc(CSc3ccc(Cl)cc3)cc2)c2ccccc2O1. The van der Waals surface area contributed by atoms with Crippen molar-refractivity contribution in [2.45, 2.75) is 16.8 Å². The molecule has 0 spiro atoms. The molecule has 0 saturated carbocycles. The lowest BCUT2D eigenvalue weighted by Crippen LogP contribution is -2.50. The summed E-state index contributed by atoms with van der Waals surface area (Å²) in [5.41, 5.74) is 2.35. The van der Waals surface area contributed by atoms with Crippen LogP contribution in [0.15, 0.2) is 77.7 Å². The molecule has 4 rings (SSSR count). The lowest BCUT2D eigenvalue weighted by Gasteiger charge is -2.35. The van der Waals surface area contributed by atoms with Gasteiger partial charge in [0.05, 0.1) is 12.2 Å². The van der Waals surface area contributed by atoms with Gasteiger partial charge in [-0.15, -0.1) is 11.8 Å². The van der Waals surface area contributed by atoms with Gasteiger partial charge in [-0.05, 0) is 54.1 Å². The van der Waals surface area contributed by atoms with Crippen LogP contribution in [0.25, 0.3) is 0 Å². The van der Waals surface area contributed by atoms with Crippen molar-refractivity contribution in [1.82, 2.24) is 4.90 Å². The molecule has 1 unspecified atom stereocenters. The zero-order valence-corrected chi connectivity index (χ0v) is 19.4. The number of thioether (sulfide) groups is 1. The van der Waals surface area contributed by atoms with Crippen molar-refractivity contribution >= 4 is 40.9 Å². The highest BCUT2D eigenvalue weighted by Gasteiger charge is 2.34. The summed E-state index contributed by atoms with van der Waals surface area (Å²) < 4.78 is 5.88. The molecular weight excluding hydrogens is 444 g/mol. The van der Waals surface area contributed by atoms with Gasteiger partial charge in [0, 0.05) is 35.3 Å². The third kappa shape index (κ3) is 4.92. The van der Waals surface area contributed by atoms with E-state index in [-0.39, 0.29) is 18.4 Å². The number of para-hydroxylation sites is 2. The zero-order valence-electron chi connectivity index (χ0n) is 17.8. The number of likely N-dealkylation sites (N-methyl/N-ethyl adjacent to an activating group) is 1. The second kappa shape index (κ2) is 9.67. The maximum Gasteiger partial charge on any atom is 0.265 e. The number of fused-ring (bicyclic) bond motifs is 1. The average Bonchev–Trinajstić information content (AvgIpc) is 2.82.